The molecule has 0 spiro atoms. The third kappa shape index (κ3) is 2.40. The Morgan fingerprint density at radius 1 is 1.33 bits per heavy atom. The van der Waals surface area contributed by atoms with Crippen LogP contribution in [0.1, 0.15) is 6.42 Å². The Hall–Kier alpha value is -1.76. The molecule has 0 saturated carbocycles. The van der Waals surface area contributed by atoms with E-state index in [4.69, 9.17) is 5.11 Å². The molecule has 4 nitrogen and oxygen atoms in total. The summed E-state index contributed by atoms with van der Waals surface area (Å²) < 4.78 is 39.6. The SMILES string of the molecule is O=C(O)CC1(Nc2c(F)cc(F)cc2F)CNC1. The van der Waals surface area contributed by atoms with Gasteiger partial charge in [-0.05, 0) is 0 Å². The van der Waals surface area contributed by atoms with Crippen molar-refractivity contribution in [2.75, 3.05) is 18.4 Å². The maximum Gasteiger partial charge on any atom is 0.305 e. The number of nitrogens with one attached hydrogen (secondary N) is 2. The third-order valence-electron chi connectivity index (χ3n) is 2.81. The summed E-state index contributed by atoms with van der Waals surface area (Å²) in [6.45, 7) is 0.547. The molecule has 0 unspecified atom stereocenters. The summed E-state index contributed by atoms with van der Waals surface area (Å²) in [6.07, 6.45) is -0.281. The van der Waals surface area contributed by atoms with Gasteiger partial charge in [0, 0.05) is 25.2 Å². The van der Waals surface area contributed by atoms with Crippen molar-refractivity contribution < 1.29 is 23.1 Å². The van der Waals surface area contributed by atoms with Crippen molar-refractivity contribution in [3.8, 4) is 0 Å². The van der Waals surface area contributed by atoms with Gasteiger partial charge in [0.25, 0.3) is 0 Å². The molecule has 2 rings (SSSR count). The Kier molecular flexibility index (Phi) is 3.16. The zero-order valence-electron chi connectivity index (χ0n) is 9.27. The largest absolute Gasteiger partial charge is 0.481 e. The number of rotatable bonds is 4. The van der Waals surface area contributed by atoms with Crippen LogP contribution >= 0.6 is 0 Å². The van der Waals surface area contributed by atoms with Gasteiger partial charge in [-0.3, -0.25) is 4.79 Å². The monoisotopic (exact) mass is 260 g/mol. The lowest BCUT2D eigenvalue weighted by Crippen LogP contribution is -2.65. The van der Waals surface area contributed by atoms with Crippen LogP contribution in [0.2, 0.25) is 0 Å². The molecule has 1 heterocycles. The van der Waals surface area contributed by atoms with E-state index in [0.717, 1.165) is 0 Å². The molecule has 7 heteroatoms. The highest BCUT2D eigenvalue weighted by Crippen LogP contribution is 2.27. The smallest absolute Gasteiger partial charge is 0.305 e. The fourth-order valence-electron chi connectivity index (χ4n) is 1.90. The Bertz CT molecular complexity index is 466. The highest BCUT2D eigenvalue weighted by atomic mass is 19.1. The summed E-state index contributed by atoms with van der Waals surface area (Å²) in [5.41, 5.74) is -1.44. The molecular formula is C11H11F3N2O2. The summed E-state index contributed by atoms with van der Waals surface area (Å²) in [6, 6.07) is 1.10. The number of halogens is 3. The molecule has 3 N–H and O–H groups in total. The van der Waals surface area contributed by atoms with E-state index in [1.54, 1.807) is 0 Å². The van der Waals surface area contributed by atoms with Crippen molar-refractivity contribution in [2.45, 2.75) is 12.0 Å². The summed E-state index contributed by atoms with van der Waals surface area (Å²) >= 11 is 0. The molecule has 18 heavy (non-hydrogen) atoms. The number of carboxylic acids is 1. The zero-order valence-corrected chi connectivity index (χ0v) is 9.27. The molecule has 1 fully saturated rings. The van der Waals surface area contributed by atoms with Crippen molar-refractivity contribution in [1.29, 1.82) is 0 Å². The quantitative estimate of drug-likeness (QED) is 0.764. The third-order valence-corrected chi connectivity index (χ3v) is 2.81. The second-order valence-corrected chi connectivity index (χ2v) is 4.32. The van der Waals surface area contributed by atoms with Gasteiger partial charge >= 0.3 is 5.97 Å². The lowest BCUT2D eigenvalue weighted by molar-refractivity contribution is -0.138. The van der Waals surface area contributed by atoms with Gasteiger partial charge in [0.05, 0.1) is 12.0 Å². The lowest BCUT2D eigenvalue weighted by Gasteiger charge is -2.43. The number of carboxylic acid groups (broad SMARTS) is 1. The van der Waals surface area contributed by atoms with E-state index < -0.39 is 34.6 Å². The predicted molar refractivity (Wildman–Crippen MR) is 57.8 cm³/mol. The van der Waals surface area contributed by atoms with Gasteiger partial charge in [0.2, 0.25) is 0 Å². The Balaban J connectivity index is 2.25. The van der Waals surface area contributed by atoms with Crippen molar-refractivity contribution in [2.24, 2.45) is 0 Å². The first-order chi connectivity index (χ1) is 8.42. The van der Waals surface area contributed by atoms with Crippen LogP contribution in [-0.2, 0) is 4.79 Å². The van der Waals surface area contributed by atoms with Crippen molar-refractivity contribution >= 4 is 11.7 Å². The van der Waals surface area contributed by atoms with Crippen LogP contribution in [0.5, 0.6) is 0 Å². The van der Waals surface area contributed by atoms with E-state index in [2.05, 4.69) is 10.6 Å². The van der Waals surface area contributed by atoms with Gasteiger partial charge in [-0.1, -0.05) is 0 Å². The molecule has 0 aromatic heterocycles. The van der Waals surface area contributed by atoms with Crippen molar-refractivity contribution in [3.05, 3.63) is 29.6 Å². The van der Waals surface area contributed by atoms with Crippen LogP contribution in [0.15, 0.2) is 12.1 Å². The first-order valence-corrected chi connectivity index (χ1v) is 5.27. The van der Waals surface area contributed by atoms with Crippen LogP contribution in [0.25, 0.3) is 0 Å². The van der Waals surface area contributed by atoms with E-state index in [1.165, 1.54) is 0 Å². The minimum atomic E-state index is -1.08. The number of hydrogen-bond donors (Lipinski definition) is 3. The number of carbonyl (C=O) groups is 1. The van der Waals surface area contributed by atoms with Gasteiger partial charge in [-0.15, -0.1) is 0 Å². The predicted octanol–water partition coefficient (Wildman–Crippen LogP) is 1.33. The molecule has 1 aromatic carbocycles. The van der Waals surface area contributed by atoms with Gasteiger partial charge in [0.1, 0.15) is 11.5 Å². The first kappa shape index (κ1) is 12.7. The average molecular weight is 260 g/mol. The molecule has 1 aliphatic heterocycles. The fraction of sp³-hybridized carbons (Fsp3) is 0.364. The second kappa shape index (κ2) is 4.49. The van der Waals surface area contributed by atoms with Crippen LogP contribution in [0, 0.1) is 17.5 Å². The van der Waals surface area contributed by atoms with Crippen LogP contribution in [0.4, 0.5) is 18.9 Å². The Morgan fingerprint density at radius 3 is 2.28 bits per heavy atom. The molecule has 1 saturated heterocycles. The second-order valence-electron chi connectivity index (χ2n) is 4.32. The fourth-order valence-corrected chi connectivity index (χ4v) is 1.90. The molecule has 1 aromatic rings. The van der Waals surface area contributed by atoms with E-state index in [1.807, 2.05) is 0 Å². The van der Waals surface area contributed by atoms with E-state index >= 15 is 0 Å². The molecule has 0 amide bonds. The van der Waals surface area contributed by atoms with Crippen LogP contribution in [-0.4, -0.2) is 29.7 Å². The molecule has 98 valence electrons. The number of hydrogen-bond acceptors (Lipinski definition) is 3. The minimum Gasteiger partial charge on any atom is -0.481 e. The first-order valence-electron chi connectivity index (χ1n) is 5.27. The van der Waals surface area contributed by atoms with Gasteiger partial charge in [0.15, 0.2) is 11.6 Å². The standard InChI is InChI=1S/C11H11F3N2O2/c12-6-1-7(13)10(8(14)2-6)16-11(3-9(17)18)4-15-5-11/h1-2,15-16H,3-5H2,(H,17,18). The molecular weight excluding hydrogens is 249 g/mol. The zero-order chi connectivity index (χ0) is 13.3. The van der Waals surface area contributed by atoms with Crippen LogP contribution < -0.4 is 10.6 Å². The van der Waals surface area contributed by atoms with Crippen LogP contribution in [0.3, 0.4) is 0 Å². The molecule has 0 bridgehead atoms. The lowest BCUT2D eigenvalue weighted by atomic mass is 9.88. The topological polar surface area (TPSA) is 61.4 Å². The maximum absolute atomic E-state index is 13.4. The van der Waals surface area contributed by atoms with E-state index in [-0.39, 0.29) is 19.5 Å². The molecule has 0 atom stereocenters. The summed E-state index contributed by atoms with van der Waals surface area (Å²) in [5, 5.41) is 14.1. The molecule has 1 aliphatic rings. The summed E-state index contributed by atoms with van der Waals surface area (Å²) in [5.74, 6) is -4.25. The Morgan fingerprint density at radius 2 is 1.89 bits per heavy atom. The average Bonchev–Trinajstić information content (AvgIpc) is 2.18. The normalized spacial score (nSPS) is 17.1. The van der Waals surface area contributed by atoms with Crippen molar-refractivity contribution in [3.63, 3.8) is 0 Å². The summed E-state index contributed by atoms with van der Waals surface area (Å²) in [4.78, 5) is 10.7. The van der Waals surface area contributed by atoms with Gasteiger partial charge < -0.3 is 15.7 Å². The number of aliphatic carboxylic acids is 1. The van der Waals surface area contributed by atoms with Gasteiger partial charge in [-0.2, -0.15) is 0 Å². The van der Waals surface area contributed by atoms with E-state index in [0.29, 0.717) is 12.1 Å². The maximum atomic E-state index is 13.4. The molecule has 0 aliphatic carbocycles. The van der Waals surface area contributed by atoms with Crippen molar-refractivity contribution in [1.82, 2.24) is 5.32 Å². The highest BCUT2D eigenvalue weighted by Gasteiger charge is 2.40. The minimum absolute atomic E-state index is 0.273. The number of benzene rings is 1. The molecule has 0 radical (unpaired) electrons. The highest BCUT2D eigenvalue weighted by molar-refractivity contribution is 5.70. The van der Waals surface area contributed by atoms with Gasteiger partial charge in [-0.25, -0.2) is 13.2 Å². The van der Waals surface area contributed by atoms with E-state index in [9.17, 15) is 18.0 Å². The summed E-state index contributed by atoms with van der Waals surface area (Å²) in [7, 11) is 0. The number of anilines is 1. The Labute approximate surface area is 101 Å².